The molecule has 8 nitrogen and oxygen atoms in total. The largest absolute Gasteiger partial charge is 0.396 e. The molecule has 0 saturated heterocycles. The second kappa shape index (κ2) is 45.3. The van der Waals surface area contributed by atoms with Gasteiger partial charge < -0.3 is 36.0 Å². The molecule has 59 heavy (non-hydrogen) atoms. The molecule has 1 aliphatic rings. The summed E-state index contributed by atoms with van der Waals surface area (Å²) in [6.45, 7) is 4.59. The summed E-state index contributed by atoms with van der Waals surface area (Å²) in [6.07, 6.45) is 46.6. The van der Waals surface area contributed by atoms with Gasteiger partial charge in [0.25, 0.3) is 0 Å². The molecule has 1 aliphatic carbocycles. The Balaban J connectivity index is 0.00000115. The normalized spacial score (nSPS) is 19.7. The summed E-state index contributed by atoms with van der Waals surface area (Å²) in [5.74, 6) is -0.650. The Kier molecular flexibility index (Phi) is 44.7. The molecule has 0 bridgehead atoms. The van der Waals surface area contributed by atoms with Gasteiger partial charge in [0.2, 0.25) is 5.91 Å². The van der Waals surface area contributed by atoms with Gasteiger partial charge in [-0.25, -0.2) is 0 Å². The molecule has 0 aromatic heterocycles. The molecular weight excluding hydrogens is 739 g/mol. The second-order valence-corrected chi connectivity index (χ2v) is 18.5. The average Bonchev–Trinajstić information content (AvgIpc) is 3.23. The van der Waals surface area contributed by atoms with Crippen LogP contribution in [-0.4, -0.2) is 75.2 Å². The van der Waals surface area contributed by atoms with Crippen molar-refractivity contribution in [3.8, 4) is 0 Å². The maximum Gasteiger partial charge on any atom is 0.217 e. The van der Waals surface area contributed by atoms with Crippen LogP contribution in [0.2, 0.25) is 0 Å². The van der Waals surface area contributed by atoms with Crippen molar-refractivity contribution in [3.05, 3.63) is 0 Å². The van der Waals surface area contributed by atoms with E-state index in [1.54, 1.807) is 0 Å². The first-order valence-corrected chi connectivity index (χ1v) is 26.0. The summed E-state index contributed by atoms with van der Waals surface area (Å²) in [4.78, 5) is 10.6. The summed E-state index contributed by atoms with van der Waals surface area (Å²) in [6, 6.07) is 0. The lowest BCUT2D eigenvalue weighted by Gasteiger charge is -2.39. The number of carbonyl (C=O) groups is 1. The predicted octanol–water partition coefficient (Wildman–Crippen LogP) is 12.6. The first-order chi connectivity index (χ1) is 28.8. The van der Waals surface area contributed by atoms with E-state index >= 15 is 0 Å². The molecule has 0 aromatic rings. The Labute approximate surface area is 366 Å². The van der Waals surface area contributed by atoms with Gasteiger partial charge in [0.15, 0.2) is 0 Å². The first kappa shape index (κ1) is 58.2. The number of hydrogen-bond acceptors (Lipinski definition) is 7. The van der Waals surface area contributed by atoms with E-state index < -0.39 is 36.4 Å². The van der Waals surface area contributed by atoms with Crippen LogP contribution in [0, 0.1) is 5.92 Å². The number of primary amides is 1. The molecule has 1 amide bonds. The van der Waals surface area contributed by atoms with Crippen LogP contribution >= 0.6 is 0 Å². The van der Waals surface area contributed by atoms with Crippen molar-refractivity contribution in [3.63, 3.8) is 0 Å². The molecule has 1 rings (SSSR count). The summed E-state index contributed by atoms with van der Waals surface area (Å²) in [5.41, 5.74) is 5.15. The first-order valence-electron chi connectivity index (χ1n) is 26.0. The molecule has 0 heterocycles. The number of carbonyl (C=O) groups excluding carboxylic acids is 1. The third-order valence-electron chi connectivity index (χ3n) is 12.8. The van der Waals surface area contributed by atoms with Gasteiger partial charge in [0, 0.05) is 25.6 Å². The minimum atomic E-state index is -1.31. The number of hydrogen-bond donors (Lipinski definition) is 6. The van der Waals surface area contributed by atoms with Gasteiger partial charge in [-0.05, 0) is 25.7 Å². The van der Waals surface area contributed by atoms with E-state index in [0.29, 0.717) is 25.9 Å². The molecule has 0 aromatic carbocycles. The molecule has 0 spiro atoms. The minimum Gasteiger partial charge on any atom is -0.396 e. The van der Waals surface area contributed by atoms with Crippen molar-refractivity contribution in [2.75, 3.05) is 13.2 Å². The smallest absolute Gasteiger partial charge is 0.217 e. The lowest BCUT2D eigenvalue weighted by atomic mass is 9.81. The summed E-state index contributed by atoms with van der Waals surface area (Å²) < 4.78 is 5.64. The predicted molar refractivity (Wildman–Crippen MR) is 250 cm³/mol. The highest BCUT2D eigenvalue weighted by Crippen LogP contribution is 2.28. The Hall–Kier alpha value is -0.770. The lowest BCUT2D eigenvalue weighted by molar-refractivity contribution is -0.179. The molecule has 0 radical (unpaired) electrons. The van der Waals surface area contributed by atoms with Crippen LogP contribution in [0.3, 0.4) is 0 Å². The number of aliphatic hydroxyl groups is 5. The number of rotatable bonds is 43. The van der Waals surface area contributed by atoms with Crippen molar-refractivity contribution in [2.24, 2.45) is 11.7 Å². The average molecular weight is 842 g/mol. The molecule has 0 aliphatic heterocycles. The highest BCUT2D eigenvalue weighted by atomic mass is 16.5. The van der Waals surface area contributed by atoms with Crippen LogP contribution in [0.4, 0.5) is 0 Å². The zero-order valence-electron chi connectivity index (χ0n) is 39.3. The Bertz CT molecular complexity index is 845. The van der Waals surface area contributed by atoms with Crippen LogP contribution < -0.4 is 5.73 Å². The van der Waals surface area contributed by atoms with Crippen molar-refractivity contribution in [2.45, 2.75) is 301 Å². The van der Waals surface area contributed by atoms with Crippen LogP contribution in [0.25, 0.3) is 0 Å². The van der Waals surface area contributed by atoms with Crippen molar-refractivity contribution >= 4 is 5.91 Å². The number of ether oxygens (including phenoxy) is 1. The molecule has 1 saturated carbocycles. The summed E-state index contributed by atoms with van der Waals surface area (Å²) in [5, 5.41) is 49.2. The van der Waals surface area contributed by atoms with Gasteiger partial charge >= 0.3 is 0 Å². The van der Waals surface area contributed by atoms with Gasteiger partial charge in [-0.3, -0.25) is 4.79 Å². The number of amides is 1. The molecular formula is C51H103NO7. The lowest BCUT2D eigenvalue weighted by Crippen LogP contribution is -2.55. The molecule has 354 valence electrons. The molecule has 7 N–H and O–H groups in total. The van der Waals surface area contributed by atoms with Crippen molar-refractivity contribution < 1.29 is 35.1 Å². The number of aliphatic hydroxyl groups excluding tert-OH is 5. The topological polar surface area (TPSA) is 153 Å². The second-order valence-electron chi connectivity index (χ2n) is 18.5. The van der Waals surface area contributed by atoms with Gasteiger partial charge in [-0.15, -0.1) is 0 Å². The van der Waals surface area contributed by atoms with E-state index in [1.165, 1.54) is 212 Å². The fraction of sp³-hybridized carbons (Fsp3) is 0.980. The van der Waals surface area contributed by atoms with Crippen LogP contribution in [0.15, 0.2) is 0 Å². The standard InChI is InChI=1S/C26H53NO.C25H50O6/c1-2-3-4-5-6-7-8-9-10-11-12-13-14-15-16-17-18-19-20-21-22-23-24-25-26(27)28;1-2-3-4-5-6-7-8-9-10-11-12-13-14-15-21(27)16-17-31-22-18-20(19-26)23(28)25(30)24(22)29/h2-25H2,1H3,(H2,27,28);20-30H,2-19H2,1H3. The van der Waals surface area contributed by atoms with Gasteiger partial charge in [-0.2, -0.15) is 0 Å². The Morgan fingerprint density at radius 3 is 1.14 bits per heavy atom. The fourth-order valence-corrected chi connectivity index (χ4v) is 8.61. The highest BCUT2D eigenvalue weighted by Gasteiger charge is 2.42. The maximum atomic E-state index is 10.6. The Morgan fingerprint density at radius 1 is 0.492 bits per heavy atom. The number of unbranched alkanes of at least 4 members (excludes halogenated alkanes) is 34. The van der Waals surface area contributed by atoms with Crippen LogP contribution in [0.5, 0.6) is 0 Å². The van der Waals surface area contributed by atoms with E-state index in [9.17, 15) is 30.3 Å². The molecule has 6 unspecified atom stereocenters. The van der Waals surface area contributed by atoms with E-state index in [2.05, 4.69) is 13.8 Å². The third kappa shape index (κ3) is 38.6. The van der Waals surface area contributed by atoms with Gasteiger partial charge in [-0.1, -0.05) is 239 Å². The van der Waals surface area contributed by atoms with E-state index in [4.69, 9.17) is 10.5 Å². The minimum absolute atomic E-state index is 0.150. The van der Waals surface area contributed by atoms with Crippen molar-refractivity contribution in [1.82, 2.24) is 0 Å². The molecule has 1 fully saturated rings. The van der Waals surface area contributed by atoms with Crippen LogP contribution in [0.1, 0.15) is 271 Å². The zero-order chi connectivity index (χ0) is 43.4. The van der Waals surface area contributed by atoms with E-state index in [0.717, 1.165) is 25.7 Å². The van der Waals surface area contributed by atoms with E-state index in [1.807, 2.05) is 0 Å². The fourth-order valence-electron chi connectivity index (χ4n) is 8.61. The number of nitrogens with two attached hydrogens (primary N) is 1. The quantitative estimate of drug-likeness (QED) is 0.0334. The van der Waals surface area contributed by atoms with Crippen LogP contribution in [-0.2, 0) is 9.53 Å². The highest BCUT2D eigenvalue weighted by molar-refractivity contribution is 5.73. The van der Waals surface area contributed by atoms with E-state index in [-0.39, 0.29) is 12.5 Å². The van der Waals surface area contributed by atoms with Gasteiger partial charge in [0.05, 0.1) is 18.3 Å². The summed E-state index contributed by atoms with van der Waals surface area (Å²) in [7, 11) is 0. The Morgan fingerprint density at radius 2 is 0.814 bits per heavy atom. The maximum absolute atomic E-state index is 10.6. The third-order valence-corrected chi connectivity index (χ3v) is 12.8. The SMILES string of the molecule is CCCCCCCCCCCCCCCC(O)CCOC1CC(CO)C(O)C(O)C1O.CCCCCCCCCCCCCCCCCCCCCCCCCC(N)=O. The van der Waals surface area contributed by atoms with Crippen molar-refractivity contribution in [1.29, 1.82) is 0 Å². The summed E-state index contributed by atoms with van der Waals surface area (Å²) >= 11 is 0. The monoisotopic (exact) mass is 842 g/mol. The molecule has 6 atom stereocenters. The molecule has 8 heteroatoms. The van der Waals surface area contributed by atoms with Gasteiger partial charge in [0.1, 0.15) is 12.2 Å². The zero-order valence-corrected chi connectivity index (χ0v) is 39.3.